The molecule has 106 valence electrons. The van der Waals surface area contributed by atoms with E-state index in [1.165, 1.54) is 0 Å². The average molecular weight is 266 g/mol. The van der Waals surface area contributed by atoms with E-state index in [-0.39, 0.29) is 0 Å². The quantitative estimate of drug-likeness (QED) is 0.878. The first-order valence-electron chi connectivity index (χ1n) is 6.79. The highest BCUT2D eigenvalue weighted by Gasteiger charge is 2.15. The number of aryl methyl sites for hydroxylation is 1. The SMILES string of the molecule is Cc1cc(C(=O)O)c(C)n1CCCN1CCOCC1. The minimum Gasteiger partial charge on any atom is -0.478 e. The van der Waals surface area contributed by atoms with Gasteiger partial charge in [0.25, 0.3) is 0 Å². The van der Waals surface area contributed by atoms with E-state index in [2.05, 4.69) is 9.47 Å². The number of nitrogens with zero attached hydrogens (tertiary/aromatic N) is 2. The van der Waals surface area contributed by atoms with Gasteiger partial charge in [0.15, 0.2) is 0 Å². The lowest BCUT2D eigenvalue weighted by Gasteiger charge is -2.26. The maximum atomic E-state index is 11.1. The van der Waals surface area contributed by atoms with E-state index in [1.807, 2.05) is 13.8 Å². The third kappa shape index (κ3) is 3.36. The van der Waals surface area contributed by atoms with Gasteiger partial charge in [-0.05, 0) is 26.3 Å². The molecule has 0 amide bonds. The van der Waals surface area contributed by atoms with Crippen LogP contribution in [0.5, 0.6) is 0 Å². The molecule has 5 heteroatoms. The zero-order chi connectivity index (χ0) is 13.8. The van der Waals surface area contributed by atoms with Crippen LogP contribution in [0.3, 0.4) is 0 Å². The van der Waals surface area contributed by atoms with Gasteiger partial charge in [-0.3, -0.25) is 4.90 Å². The van der Waals surface area contributed by atoms with Gasteiger partial charge in [-0.15, -0.1) is 0 Å². The Morgan fingerprint density at radius 3 is 2.58 bits per heavy atom. The highest BCUT2D eigenvalue weighted by molar-refractivity contribution is 5.89. The second-order valence-electron chi connectivity index (χ2n) is 5.05. The van der Waals surface area contributed by atoms with Gasteiger partial charge < -0.3 is 14.4 Å². The monoisotopic (exact) mass is 266 g/mol. The Kier molecular flexibility index (Phi) is 4.61. The lowest BCUT2D eigenvalue weighted by molar-refractivity contribution is 0.0369. The molecule has 0 aliphatic carbocycles. The summed E-state index contributed by atoms with van der Waals surface area (Å²) in [4.78, 5) is 13.5. The maximum Gasteiger partial charge on any atom is 0.337 e. The molecule has 1 aliphatic heterocycles. The van der Waals surface area contributed by atoms with E-state index in [9.17, 15) is 4.79 Å². The standard InChI is InChI=1S/C14H22N2O3/c1-11-10-13(14(17)18)12(2)16(11)5-3-4-15-6-8-19-9-7-15/h10H,3-9H2,1-2H3,(H,17,18). The Bertz CT molecular complexity index is 448. The molecule has 0 aromatic carbocycles. The fraction of sp³-hybridized carbons (Fsp3) is 0.643. The molecule has 0 atom stereocenters. The third-order valence-electron chi connectivity index (χ3n) is 3.76. The zero-order valence-corrected chi connectivity index (χ0v) is 11.7. The summed E-state index contributed by atoms with van der Waals surface area (Å²) in [5.41, 5.74) is 2.30. The molecule has 19 heavy (non-hydrogen) atoms. The Morgan fingerprint density at radius 2 is 2.00 bits per heavy atom. The van der Waals surface area contributed by atoms with Crippen molar-refractivity contribution in [1.82, 2.24) is 9.47 Å². The summed E-state index contributed by atoms with van der Waals surface area (Å²) < 4.78 is 7.42. The molecule has 5 nitrogen and oxygen atoms in total. The van der Waals surface area contributed by atoms with Crippen LogP contribution in [0.15, 0.2) is 6.07 Å². The molecule has 2 heterocycles. The van der Waals surface area contributed by atoms with Gasteiger partial charge in [0.2, 0.25) is 0 Å². The van der Waals surface area contributed by atoms with E-state index in [4.69, 9.17) is 9.84 Å². The Balaban J connectivity index is 1.90. The molecule has 0 saturated carbocycles. The van der Waals surface area contributed by atoms with Gasteiger partial charge in [0.05, 0.1) is 18.8 Å². The smallest absolute Gasteiger partial charge is 0.337 e. The van der Waals surface area contributed by atoms with Crippen molar-refractivity contribution in [2.75, 3.05) is 32.8 Å². The van der Waals surface area contributed by atoms with Crippen molar-refractivity contribution in [3.05, 3.63) is 23.0 Å². The summed E-state index contributed by atoms with van der Waals surface area (Å²) >= 11 is 0. The predicted octanol–water partition coefficient (Wildman–Crippen LogP) is 1.53. The summed E-state index contributed by atoms with van der Waals surface area (Å²) in [7, 11) is 0. The van der Waals surface area contributed by atoms with Crippen LogP contribution in [0, 0.1) is 13.8 Å². The summed E-state index contributed by atoms with van der Waals surface area (Å²) in [5, 5.41) is 9.10. The van der Waals surface area contributed by atoms with E-state index in [1.54, 1.807) is 6.07 Å². The zero-order valence-electron chi connectivity index (χ0n) is 11.7. The van der Waals surface area contributed by atoms with Crippen LogP contribution < -0.4 is 0 Å². The number of hydrogen-bond acceptors (Lipinski definition) is 3. The van der Waals surface area contributed by atoms with E-state index < -0.39 is 5.97 Å². The van der Waals surface area contributed by atoms with Crippen molar-refractivity contribution in [1.29, 1.82) is 0 Å². The first-order chi connectivity index (χ1) is 9.09. The van der Waals surface area contributed by atoms with Crippen LogP contribution in [0.1, 0.15) is 28.2 Å². The van der Waals surface area contributed by atoms with Crippen molar-refractivity contribution in [3.8, 4) is 0 Å². The van der Waals surface area contributed by atoms with Crippen LogP contribution in [-0.4, -0.2) is 53.4 Å². The second-order valence-corrected chi connectivity index (χ2v) is 5.05. The van der Waals surface area contributed by atoms with Crippen LogP contribution >= 0.6 is 0 Å². The van der Waals surface area contributed by atoms with E-state index in [0.717, 1.165) is 57.2 Å². The number of hydrogen-bond donors (Lipinski definition) is 1. The number of carboxylic acids is 1. The summed E-state index contributed by atoms with van der Waals surface area (Å²) in [6.07, 6.45) is 1.04. The number of rotatable bonds is 5. The molecule has 0 radical (unpaired) electrons. The van der Waals surface area contributed by atoms with Gasteiger partial charge in [-0.1, -0.05) is 0 Å². The summed E-state index contributed by atoms with van der Waals surface area (Å²) in [6.45, 7) is 9.42. The Hall–Kier alpha value is -1.33. The lowest BCUT2D eigenvalue weighted by Crippen LogP contribution is -2.37. The molecule has 1 aromatic heterocycles. The van der Waals surface area contributed by atoms with Crippen LogP contribution in [0.2, 0.25) is 0 Å². The molecule has 1 N–H and O–H groups in total. The first-order valence-corrected chi connectivity index (χ1v) is 6.79. The first kappa shape index (κ1) is 14.1. The van der Waals surface area contributed by atoms with Crippen molar-refractivity contribution < 1.29 is 14.6 Å². The summed E-state index contributed by atoms with van der Waals surface area (Å²) in [5.74, 6) is -0.840. The Labute approximate surface area is 113 Å². The molecular weight excluding hydrogens is 244 g/mol. The normalized spacial score (nSPS) is 16.7. The van der Waals surface area contributed by atoms with Gasteiger partial charge in [-0.2, -0.15) is 0 Å². The number of carboxylic acid groups (broad SMARTS) is 1. The van der Waals surface area contributed by atoms with Crippen molar-refractivity contribution in [2.45, 2.75) is 26.8 Å². The largest absolute Gasteiger partial charge is 0.478 e. The van der Waals surface area contributed by atoms with Crippen LogP contribution in [0.25, 0.3) is 0 Å². The molecule has 0 bridgehead atoms. The predicted molar refractivity (Wildman–Crippen MR) is 72.7 cm³/mol. The van der Waals surface area contributed by atoms with Crippen LogP contribution in [-0.2, 0) is 11.3 Å². The highest BCUT2D eigenvalue weighted by Crippen LogP contribution is 2.15. The molecule has 0 spiro atoms. The van der Waals surface area contributed by atoms with Crippen LogP contribution in [0.4, 0.5) is 0 Å². The number of carbonyl (C=O) groups is 1. The second kappa shape index (κ2) is 6.21. The minimum absolute atomic E-state index is 0.420. The van der Waals surface area contributed by atoms with E-state index >= 15 is 0 Å². The van der Waals surface area contributed by atoms with Gasteiger partial charge in [0.1, 0.15) is 0 Å². The van der Waals surface area contributed by atoms with Gasteiger partial charge in [0, 0.05) is 37.6 Å². The number of aromatic carboxylic acids is 1. The molecule has 2 rings (SSSR count). The average Bonchev–Trinajstić information content (AvgIpc) is 2.68. The molecule has 1 aromatic rings. The Morgan fingerprint density at radius 1 is 1.32 bits per heavy atom. The topological polar surface area (TPSA) is 54.7 Å². The van der Waals surface area contributed by atoms with Crippen molar-refractivity contribution in [3.63, 3.8) is 0 Å². The third-order valence-corrected chi connectivity index (χ3v) is 3.76. The van der Waals surface area contributed by atoms with Crippen molar-refractivity contribution >= 4 is 5.97 Å². The van der Waals surface area contributed by atoms with Gasteiger partial charge in [-0.25, -0.2) is 4.79 Å². The van der Waals surface area contributed by atoms with Gasteiger partial charge >= 0.3 is 5.97 Å². The highest BCUT2D eigenvalue weighted by atomic mass is 16.5. The van der Waals surface area contributed by atoms with Crippen molar-refractivity contribution in [2.24, 2.45) is 0 Å². The molecule has 0 unspecified atom stereocenters. The minimum atomic E-state index is -0.840. The molecule has 1 aliphatic rings. The molecule has 1 fully saturated rings. The van der Waals surface area contributed by atoms with E-state index in [0.29, 0.717) is 5.56 Å². The lowest BCUT2D eigenvalue weighted by atomic mass is 10.2. The number of morpholine rings is 1. The number of aromatic nitrogens is 1. The fourth-order valence-corrected chi connectivity index (χ4v) is 2.64. The molecular formula is C14H22N2O3. The molecule has 1 saturated heterocycles. The fourth-order valence-electron chi connectivity index (χ4n) is 2.64. The number of ether oxygens (including phenoxy) is 1. The maximum absolute atomic E-state index is 11.1. The summed E-state index contributed by atoms with van der Waals surface area (Å²) in [6, 6.07) is 1.76.